The first kappa shape index (κ1) is 18.3. The zero-order valence-electron chi connectivity index (χ0n) is 15.3. The largest absolute Gasteiger partial charge is 0.458 e. The number of carbonyl (C=O) groups is 1. The molecule has 7 heteroatoms. The Bertz CT molecular complexity index is 954. The first-order chi connectivity index (χ1) is 13.6. The van der Waals surface area contributed by atoms with Crippen LogP contribution in [0, 0.1) is 12.7 Å². The van der Waals surface area contributed by atoms with Gasteiger partial charge in [-0.1, -0.05) is 47.1 Å². The summed E-state index contributed by atoms with van der Waals surface area (Å²) in [4.78, 5) is 12.3. The smallest absolute Gasteiger partial charge is 0.324 e. The van der Waals surface area contributed by atoms with Crippen LogP contribution in [0.5, 0.6) is 0 Å². The van der Waals surface area contributed by atoms with Crippen LogP contribution in [0.1, 0.15) is 29.3 Å². The van der Waals surface area contributed by atoms with E-state index < -0.39 is 6.04 Å². The highest BCUT2D eigenvalue weighted by Gasteiger charge is 2.31. The van der Waals surface area contributed by atoms with E-state index in [-0.39, 0.29) is 24.4 Å². The van der Waals surface area contributed by atoms with Gasteiger partial charge in [0.2, 0.25) is 0 Å². The summed E-state index contributed by atoms with van der Waals surface area (Å²) in [6.45, 7) is 2.05. The Hall–Kier alpha value is -3.03. The lowest BCUT2D eigenvalue weighted by Crippen LogP contribution is -2.37. The van der Waals surface area contributed by atoms with E-state index in [9.17, 15) is 9.18 Å². The number of nitrogens with one attached hydrogen (secondary N) is 2. The Balaban J connectivity index is 1.31. The van der Waals surface area contributed by atoms with E-state index in [1.165, 1.54) is 12.1 Å². The maximum absolute atomic E-state index is 13.0. The van der Waals surface area contributed by atoms with Gasteiger partial charge in [-0.3, -0.25) is 4.79 Å². The van der Waals surface area contributed by atoms with Gasteiger partial charge in [-0.05, 0) is 31.0 Å². The third-order valence-electron chi connectivity index (χ3n) is 4.72. The lowest BCUT2D eigenvalue weighted by Gasteiger charge is -2.09. The predicted molar refractivity (Wildman–Crippen MR) is 100 cm³/mol. The quantitative estimate of drug-likeness (QED) is 0.660. The van der Waals surface area contributed by atoms with Gasteiger partial charge in [0.15, 0.2) is 5.76 Å². The van der Waals surface area contributed by atoms with Crippen LogP contribution >= 0.6 is 0 Å². The number of aryl methyl sites for hydroxylation is 1. The van der Waals surface area contributed by atoms with E-state index in [0.717, 1.165) is 16.7 Å². The highest BCUT2D eigenvalue weighted by atomic mass is 19.1. The molecule has 3 aromatic rings. The number of hydrazine groups is 1. The van der Waals surface area contributed by atoms with Crippen LogP contribution in [0.15, 0.2) is 59.1 Å². The Morgan fingerprint density at radius 1 is 1.18 bits per heavy atom. The molecule has 4 rings (SSSR count). The molecule has 144 valence electrons. The molecule has 1 aliphatic rings. The standard InChI is InChI=1S/C21H20FN3O3/c1-13-2-4-15(5-3-13)20-10-17(25-28-20)12-27-21(26)19-11-18(23-24-19)14-6-8-16(22)9-7-14/h2-10,18-19,23-24H,11-12H2,1H3. The molecule has 2 atom stereocenters. The lowest BCUT2D eigenvalue weighted by atomic mass is 10.0. The van der Waals surface area contributed by atoms with Gasteiger partial charge in [-0.15, -0.1) is 0 Å². The molecule has 2 unspecified atom stereocenters. The average Bonchev–Trinajstić information content (AvgIpc) is 3.37. The van der Waals surface area contributed by atoms with Gasteiger partial charge in [0, 0.05) is 17.7 Å². The van der Waals surface area contributed by atoms with Crippen LogP contribution in [0.25, 0.3) is 11.3 Å². The Morgan fingerprint density at radius 2 is 1.93 bits per heavy atom. The molecular weight excluding hydrogens is 361 g/mol. The third kappa shape index (κ3) is 4.11. The van der Waals surface area contributed by atoms with Crippen molar-refractivity contribution in [3.8, 4) is 11.3 Å². The number of esters is 1. The van der Waals surface area contributed by atoms with Crippen LogP contribution in [0.2, 0.25) is 0 Å². The van der Waals surface area contributed by atoms with Gasteiger partial charge < -0.3 is 9.26 Å². The number of rotatable bonds is 5. The molecule has 28 heavy (non-hydrogen) atoms. The molecule has 2 aromatic carbocycles. The SMILES string of the molecule is Cc1ccc(-c2cc(COC(=O)C3CC(c4ccc(F)cc4)NN3)no2)cc1. The predicted octanol–water partition coefficient (Wildman–Crippen LogP) is 3.44. The minimum absolute atomic E-state index is 0.0353. The molecule has 2 heterocycles. The van der Waals surface area contributed by atoms with E-state index in [1.54, 1.807) is 18.2 Å². The van der Waals surface area contributed by atoms with Gasteiger partial charge in [0.25, 0.3) is 0 Å². The van der Waals surface area contributed by atoms with Crippen LogP contribution in [-0.4, -0.2) is 17.2 Å². The number of nitrogens with zero attached hydrogens (tertiary/aromatic N) is 1. The minimum Gasteiger partial charge on any atom is -0.458 e. The van der Waals surface area contributed by atoms with E-state index in [2.05, 4.69) is 16.0 Å². The number of hydrogen-bond donors (Lipinski definition) is 2. The number of benzene rings is 2. The summed E-state index contributed by atoms with van der Waals surface area (Å²) in [6, 6.07) is 15.3. The van der Waals surface area contributed by atoms with Crippen molar-refractivity contribution in [1.29, 1.82) is 0 Å². The minimum atomic E-state index is -0.487. The molecule has 0 aliphatic carbocycles. The number of carbonyl (C=O) groups excluding carboxylic acids is 1. The van der Waals surface area contributed by atoms with Gasteiger partial charge in [0.1, 0.15) is 24.2 Å². The number of halogens is 1. The van der Waals surface area contributed by atoms with Gasteiger partial charge in [0.05, 0.1) is 0 Å². The van der Waals surface area contributed by atoms with E-state index in [0.29, 0.717) is 17.9 Å². The van der Waals surface area contributed by atoms with Crippen LogP contribution in [-0.2, 0) is 16.1 Å². The van der Waals surface area contributed by atoms with Crippen LogP contribution in [0.4, 0.5) is 4.39 Å². The van der Waals surface area contributed by atoms with Crippen molar-refractivity contribution in [1.82, 2.24) is 16.0 Å². The maximum Gasteiger partial charge on any atom is 0.324 e. The molecule has 6 nitrogen and oxygen atoms in total. The van der Waals surface area contributed by atoms with E-state index in [1.807, 2.05) is 31.2 Å². The van der Waals surface area contributed by atoms with Crippen molar-refractivity contribution < 1.29 is 18.4 Å². The van der Waals surface area contributed by atoms with E-state index >= 15 is 0 Å². The van der Waals surface area contributed by atoms with E-state index in [4.69, 9.17) is 9.26 Å². The second-order valence-electron chi connectivity index (χ2n) is 6.84. The molecule has 2 N–H and O–H groups in total. The molecule has 0 bridgehead atoms. The monoisotopic (exact) mass is 381 g/mol. The first-order valence-electron chi connectivity index (χ1n) is 9.04. The second-order valence-corrected chi connectivity index (χ2v) is 6.84. The van der Waals surface area contributed by atoms with Gasteiger partial charge in [-0.2, -0.15) is 0 Å². The first-order valence-corrected chi connectivity index (χ1v) is 9.04. The molecule has 0 spiro atoms. The fourth-order valence-electron chi connectivity index (χ4n) is 3.10. The fourth-order valence-corrected chi connectivity index (χ4v) is 3.10. The topological polar surface area (TPSA) is 76.4 Å². The summed E-state index contributed by atoms with van der Waals surface area (Å²) in [5.41, 5.74) is 9.50. The summed E-state index contributed by atoms with van der Waals surface area (Å²) < 4.78 is 23.7. The lowest BCUT2D eigenvalue weighted by molar-refractivity contribution is -0.147. The summed E-state index contributed by atoms with van der Waals surface area (Å²) >= 11 is 0. The van der Waals surface area contributed by atoms with Gasteiger partial charge >= 0.3 is 5.97 Å². The number of ether oxygens (including phenoxy) is 1. The zero-order valence-corrected chi connectivity index (χ0v) is 15.3. The summed E-state index contributed by atoms with van der Waals surface area (Å²) in [7, 11) is 0. The van der Waals surface area contributed by atoms with Crippen molar-refractivity contribution in [2.45, 2.75) is 32.0 Å². The number of hydrogen-bond acceptors (Lipinski definition) is 6. The second kappa shape index (κ2) is 7.92. The Morgan fingerprint density at radius 3 is 2.68 bits per heavy atom. The summed E-state index contributed by atoms with van der Waals surface area (Å²) in [5.74, 6) is -0.0386. The third-order valence-corrected chi connectivity index (χ3v) is 4.72. The summed E-state index contributed by atoms with van der Waals surface area (Å²) in [6.07, 6.45) is 0.512. The molecule has 1 aliphatic heterocycles. The Labute approximate surface area is 161 Å². The normalized spacial score (nSPS) is 18.9. The molecular formula is C21H20FN3O3. The van der Waals surface area contributed by atoms with Crippen molar-refractivity contribution in [2.75, 3.05) is 0 Å². The van der Waals surface area contributed by atoms with Crippen molar-refractivity contribution >= 4 is 5.97 Å². The Kier molecular flexibility index (Phi) is 5.18. The van der Waals surface area contributed by atoms with Crippen molar-refractivity contribution in [2.24, 2.45) is 0 Å². The molecule has 1 saturated heterocycles. The number of aromatic nitrogens is 1. The molecule has 1 fully saturated rings. The van der Waals surface area contributed by atoms with Crippen molar-refractivity contribution in [3.63, 3.8) is 0 Å². The average molecular weight is 381 g/mol. The van der Waals surface area contributed by atoms with Crippen molar-refractivity contribution in [3.05, 3.63) is 77.2 Å². The fraction of sp³-hybridized carbons (Fsp3) is 0.238. The molecule has 1 aromatic heterocycles. The van der Waals surface area contributed by atoms with Crippen LogP contribution in [0.3, 0.4) is 0 Å². The molecule has 0 amide bonds. The molecule has 0 radical (unpaired) electrons. The highest BCUT2D eigenvalue weighted by Crippen LogP contribution is 2.24. The zero-order chi connectivity index (χ0) is 19.5. The van der Waals surface area contributed by atoms with Gasteiger partial charge in [-0.25, -0.2) is 15.2 Å². The maximum atomic E-state index is 13.0. The highest BCUT2D eigenvalue weighted by molar-refractivity contribution is 5.76. The van der Waals surface area contributed by atoms with Crippen LogP contribution < -0.4 is 10.9 Å². The summed E-state index contributed by atoms with van der Waals surface area (Å²) in [5, 5.41) is 3.96. The molecule has 0 saturated carbocycles.